The molecule has 3 heterocycles. The number of carbonyl (C=O) groups excluding carboxylic acids is 3. The van der Waals surface area contributed by atoms with E-state index in [-0.39, 0.29) is 29.6 Å². The maximum Gasteiger partial charge on any atom is 0.293 e. The van der Waals surface area contributed by atoms with E-state index in [2.05, 4.69) is 19.9 Å². The smallest absolute Gasteiger partial charge is 0.293 e. The molecule has 2 fully saturated rings. The monoisotopic (exact) mass is 515 g/mol. The molecule has 0 aliphatic carbocycles. The third-order valence-corrected chi connectivity index (χ3v) is 8.36. The fourth-order valence-electron chi connectivity index (χ4n) is 5.42. The summed E-state index contributed by atoms with van der Waals surface area (Å²) in [4.78, 5) is 42.9. The first kappa shape index (κ1) is 25.3. The molecule has 7 heteroatoms. The molecule has 3 amide bonds. The van der Waals surface area contributed by atoms with Crippen molar-refractivity contribution in [3.8, 4) is 0 Å². The molecule has 0 saturated carbocycles. The van der Waals surface area contributed by atoms with Gasteiger partial charge < -0.3 is 9.47 Å². The van der Waals surface area contributed by atoms with Crippen molar-refractivity contribution in [2.24, 2.45) is 0 Å². The molecule has 2 aliphatic rings. The largest absolute Gasteiger partial charge is 0.338 e. The molecule has 6 nitrogen and oxygen atoms in total. The van der Waals surface area contributed by atoms with Crippen LogP contribution in [0.5, 0.6) is 0 Å². The van der Waals surface area contributed by atoms with Crippen LogP contribution in [0.2, 0.25) is 0 Å². The van der Waals surface area contributed by atoms with Crippen LogP contribution in [0.25, 0.3) is 17.0 Å². The molecule has 0 radical (unpaired) electrons. The van der Waals surface area contributed by atoms with Gasteiger partial charge in [-0.2, -0.15) is 0 Å². The lowest BCUT2D eigenvalue weighted by molar-refractivity contribution is -0.135. The Balaban J connectivity index is 1.42. The number of aryl methyl sites for hydroxylation is 1. The second-order valence-corrected chi connectivity index (χ2v) is 10.9. The number of hydrogen-bond donors (Lipinski definition) is 0. The zero-order chi connectivity index (χ0) is 25.9. The van der Waals surface area contributed by atoms with Crippen LogP contribution in [0.3, 0.4) is 0 Å². The maximum absolute atomic E-state index is 13.3. The van der Waals surface area contributed by atoms with E-state index in [0.29, 0.717) is 17.9 Å². The van der Waals surface area contributed by atoms with Crippen LogP contribution in [0.4, 0.5) is 4.79 Å². The molecule has 0 unspecified atom stereocenters. The number of carbonyl (C=O) groups is 3. The number of piperidine rings is 1. The first-order chi connectivity index (χ1) is 18.0. The molecule has 0 bridgehead atoms. The van der Waals surface area contributed by atoms with Crippen molar-refractivity contribution in [1.29, 1.82) is 0 Å². The number of benzene rings is 2. The molecule has 5 rings (SSSR count). The Labute approximate surface area is 222 Å². The van der Waals surface area contributed by atoms with Crippen molar-refractivity contribution in [2.45, 2.75) is 58.5 Å². The first-order valence-electron chi connectivity index (χ1n) is 13.2. The third kappa shape index (κ3) is 5.23. The number of para-hydroxylation sites is 1. The van der Waals surface area contributed by atoms with Gasteiger partial charge in [0.25, 0.3) is 11.1 Å². The van der Waals surface area contributed by atoms with Gasteiger partial charge in [0, 0.05) is 36.3 Å². The number of likely N-dealkylation sites (tertiary alicyclic amines) is 1. The van der Waals surface area contributed by atoms with E-state index in [1.807, 2.05) is 64.2 Å². The average Bonchev–Trinajstić information content (AvgIpc) is 3.39. The number of aromatic nitrogens is 1. The van der Waals surface area contributed by atoms with Crippen LogP contribution in [-0.4, -0.2) is 50.6 Å². The maximum atomic E-state index is 13.3. The minimum Gasteiger partial charge on any atom is -0.338 e. The van der Waals surface area contributed by atoms with Crippen LogP contribution in [-0.2, 0) is 29.0 Å². The number of amides is 3. The van der Waals surface area contributed by atoms with Crippen LogP contribution < -0.4 is 0 Å². The van der Waals surface area contributed by atoms with Crippen molar-refractivity contribution < 1.29 is 14.4 Å². The summed E-state index contributed by atoms with van der Waals surface area (Å²) >= 11 is 0.991. The number of hydrogen-bond acceptors (Lipinski definition) is 4. The Morgan fingerprint density at radius 2 is 1.89 bits per heavy atom. The lowest BCUT2D eigenvalue weighted by Crippen LogP contribution is -2.43. The molecule has 2 saturated heterocycles. The molecule has 3 aromatic rings. The summed E-state index contributed by atoms with van der Waals surface area (Å²) in [5.74, 6) is -0.125. The predicted molar refractivity (Wildman–Crippen MR) is 149 cm³/mol. The van der Waals surface area contributed by atoms with E-state index in [1.54, 1.807) is 0 Å². The van der Waals surface area contributed by atoms with E-state index in [1.165, 1.54) is 11.3 Å². The van der Waals surface area contributed by atoms with Gasteiger partial charge >= 0.3 is 0 Å². The summed E-state index contributed by atoms with van der Waals surface area (Å²) in [6.45, 7) is 5.67. The van der Waals surface area contributed by atoms with Crippen molar-refractivity contribution in [1.82, 2.24) is 14.4 Å². The minimum atomic E-state index is -0.253. The Hall–Kier alpha value is -3.32. The standard InChI is InChI=1S/C30H33N3O3S/c1-3-23-13-9-14-25-24(19-31(28(23)25)20-27(34)32-16-8-7-10-21(32)2)18-26-29(35)33(30(36)37-26)17-15-22-11-5-4-6-12-22/h4-6,9,11-14,18-19,21H,3,7-8,10,15-17,20H2,1-2H3/b26-18-/t21-/m1/s1. The van der Waals surface area contributed by atoms with E-state index in [4.69, 9.17) is 0 Å². The quantitative estimate of drug-likeness (QED) is 0.369. The number of fused-ring (bicyclic) bond motifs is 1. The molecule has 0 spiro atoms. The van der Waals surface area contributed by atoms with Gasteiger partial charge in [-0.25, -0.2) is 0 Å². The summed E-state index contributed by atoms with van der Waals surface area (Å²) < 4.78 is 2.03. The molecule has 192 valence electrons. The molecule has 2 aliphatic heterocycles. The lowest BCUT2D eigenvalue weighted by Gasteiger charge is -2.33. The number of thioether (sulfide) groups is 1. The van der Waals surface area contributed by atoms with Crippen LogP contribution in [0, 0.1) is 0 Å². The van der Waals surface area contributed by atoms with Crippen LogP contribution in [0.15, 0.2) is 59.6 Å². The highest BCUT2D eigenvalue weighted by molar-refractivity contribution is 8.18. The number of rotatable bonds is 7. The zero-order valence-electron chi connectivity index (χ0n) is 21.5. The zero-order valence-corrected chi connectivity index (χ0v) is 22.3. The van der Waals surface area contributed by atoms with E-state index in [9.17, 15) is 14.4 Å². The fourth-order valence-corrected chi connectivity index (χ4v) is 6.27. The van der Waals surface area contributed by atoms with Crippen LogP contribution in [0.1, 0.15) is 49.8 Å². The highest BCUT2D eigenvalue weighted by atomic mass is 32.2. The van der Waals surface area contributed by atoms with Gasteiger partial charge in [-0.3, -0.25) is 19.3 Å². The van der Waals surface area contributed by atoms with Crippen molar-refractivity contribution in [3.63, 3.8) is 0 Å². The van der Waals surface area contributed by atoms with E-state index < -0.39 is 0 Å². The summed E-state index contributed by atoms with van der Waals surface area (Å²) in [5, 5.41) is 0.759. The molecule has 2 aromatic carbocycles. The topological polar surface area (TPSA) is 62.6 Å². The first-order valence-corrected chi connectivity index (χ1v) is 14.0. The third-order valence-electron chi connectivity index (χ3n) is 7.45. The van der Waals surface area contributed by atoms with E-state index in [0.717, 1.165) is 65.2 Å². The molecule has 0 N–H and O–H groups in total. The molecular formula is C30H33N3O3S. The van der Waals surface area contributed by atoms with Gasteiger partial charge in [0.2, 0.25) is 5.91 Å². The molecule has 1 aromatic heterocycles. The van der Waals surface area contributed by atoms with Gasteiger partial charge in [-0.05, 0) is 68.0 Å². The number of nitrogens with zero attached hydrogens (tertiary/aromatic N) is 3. The second-order valence-electron chi connectivity index (χ2n) is 9.88. The highest BCUT2D eigenvalue weighted by Gasteiger charge is 2.35. The molecule has 1 atom stereocenters. The summed E-state index contributed by atoms with van der Waals surface area (Å²) in [5.41, 5.74) is 4.14. The SMILES string of the molecule is CCc1cccc2c(/C=C3\SC(=O)N(CCc4ccccc4)C3=O)cn(CC(=O)N3CCCC[C@H]3C)c12. The Kier molecular flexibility index (Phi) is 7.51. The van der Waals surface area contributed by atoms with Crippen LogP contribution >= 0.6 is 11.8 Å². The van der Waals surface area contributed by atoms with E-state index >= 15 is 0 Å². The van der Waals surface area contributed by atoms with Crippen molar-refractivity contribution >= 4 is 45.8 Å². The van der Waals surface area contributed by atoms with Gasteiger partial charge in [-0.15, -0.1) is 0 Å². The summed E-state index contributed by atoms with van der Waals surface area (Å²) in [6, 6.07) is 16.3. The van der Waals surface area contributed by atoms with Gasteiger partial charge in [-0.1, -0.05) is 55.5 Å². The Bertz CT molecular complexity index is 1360. The molecular weight excluding hydrogens is 482 g/mol. The lowest BCUT2D eigenvalue weighted by atomic mass is 10.0. The van der Waals surface area contributed by atoms with Gasteiger partial charge in [0.1, 0.15) is 6.54 Å². The van der Waals surface area contributed by atoms with Gasteiger partial charge in [0.05, 0.1) is 10.4 Å². The summed E-state index contributed by atoms with van der Waals surface area (Å²) in [7, 11) is 0. The number of imide groups is 1. The highest BCUT2D eigenvalue weighted by Crippen LogP contribution is 2.35. The van der Waals surface area contributed by atoms with Gasteiger partial charge in [0.15, 0.2) is 0 Å². The van der Waals surface area contributed by atoms with Crippen molar-refractivity contribution in [3.05, 3.63) is 76.3 Å². The van der Waals surface area contributed by atoms with Crippen molar-refractivity contribution in [2.75, 3.05) is 13.1 Å². The minimum absolute atomic E-state index is 0.128. The average molecular weight is 516 g/mol. The normalized spacial score (nSPS) is 19.4. The summed E-state index contributed by atoms with van der Waals surface area (Å²) in [6.07, 6.45) is 8.52. The fraction of sp³-hybridized carbons (Fsp3) is 0.367. The Morgan fingerprint density at radius 3 is 2.65 bits per heavy atom. The Morgan fingerprint density at radius 1 is 1.08 bits per heavy atom. The predicted octanol–water partition coefficient (Wildman–Crippen LogP) is 5.88. The second kappa shape index (κ2) is 11.0. The molecule has 37 heavy (non-hydrogen) atoms.